The number of carbonyl (C=O) groups is 2. The molecule has 0 aliphatic heterocycles. The first-order chi connectivity index (χ1) is 8.56. The molecule has 0 atom stereocenters. The van der Waals surface area contributed by atoms with Gasteiger partial charge in [0.1, 0.15) is 6.54 Å². The highest BCUT2D eigenvalue weighted by atomic mass is 16.4. The molecular weight excluding hydrogens is 234 g/mol. The van der Waals surface area contributed by atoms with Crippen LogP contribution in [0.2, 0.25) is 0 Å². The van der Waals surface area contributed by atoms with Crippen molar-refractivity contribution in [3.05, 3.63) is 24.0 Å². The lowest BCUT2D eigenvalue weighted by atomic mass is 10.3. The summed E-state index contributed by atoms with van der Waals surface area (Å²) >= 11 is 0. The van der Waals surface area contributed by atoms with Gasteiger partial charge in [0, 0.05) is 12.2 Å². The van der Waals surface area contributed by atoms with Crippen LogP contribution in [0.1, 0.15) is 18.4 Å². The van der Waals surface area contributed by atoms with E-state index in [4.69, 9.17) is 5.11 Å². The minimum Gasteiger partial charge on any atom is -0.480 e. The number of hydrogen-bond acceptors (Lipinski definition) is 3. The number of hydrogen-bond donors (Lipinski definition) is 2. The van der Waals surface area contributed by atoms with Gasteiger partial charge >= 0.3 is 12.0 Å². The monoisotopic (exact) mass is 249 g/mol. The highest BCUT2D eigenvalue weighted by molar-refractivity contribution is 5.91. The number of rotatable bonds is 4. The molecule has 6 nitrogen and oxygen atoms in total. The lowest BCUT2D eigenvalue weighted by Gasteiger charge is -2.20. The molecule has 0 radical (unpaired) electrons. The lowest BCUT2D eigenvalue weighted by Crippen LogP contribution is -2.40. The van der Waals surface area contributed by atoms with Gasteiger partial charge in [-0.25, -0.2) is 4.79 Å². The SMILES string of the molecule is Cc1cncc(NC(=O)N(CC(=O)O)C2CC2)c1. The van der Waals surface area contributed by atoms with Crippen molar-refractivity contribution in [2.75, 3.05) is 11.9 Å². The van der Waals surface area contributed by atoms with Crippen molar-refractivity contribution in [1.29, 1.82) is 0 Å². The number of anilines is 1. The molecule has 0 bridgehead atoms. The molecule has 1 aliphatic rings. The number of aryl methyl sites for hydroxylation is 1. The number of carboxylic acid groups (broad SMARTS) is 1. The van der Waals surface area contributed by atoms with Gasteiger partial charge in [0.25, 0.3) is 0 Å². The van der Waals surface area contributed by atoms with E-state index in [2.05, 4.69) is 10.3 Å². The molecule has 2 amide bonds. The summed E-state index contributed by atoms with van der Waals surface area (Å²) in [5, 5.41) is 11.5. The highest BCUT2D eigenvalue weighted by Crippen LogP contribution is 2.27. The molecule has 6 heteroatoms. The fraction of sp³-hybridized carbons (Fsp3) is 0.417. The topological polar surface area (TPSA) is 82.5 Å². The number of carboxylic acids is 1. The fourth-order valence-electron chi connectivity index (χ4n) is 1.72. The average molecular weight is 249 g/mol. The van der Waals surface area contributed by atoms with E-state index in [0.29, 0.717) is 5.69 Å². The number of amides is 2. The van der Waals surface area contributed by atoms with E-state index in [0.717, 1.165) is 18.4 Å². The van der Waals surface area contributed by atoms with Crippen LogP contribution in [0.3, 0.4) is 0 Å². The smallest absolute Gasteiger partial charge is 0.323 e. The number of carbonyl (C=O) groups excluding carboxylic acids is 1. The maximum absolute atomic E-state index is 12.0. The van der Waals surface area contributed by atoms with E-state index >= 15 is 0 Å². The molecule has 1 fully saturated rings. The van der Waals surface area contributed by atoms with Crippen molar-refractivity contribution in [3.8, 4) is 0 Å². The fourth-order valence-corrected chi connectivity index (χ4v) is 1.72. The molecular formula is C12H15N3O3. The van der Waals surface area contributed by atoms with Gasteiger partial charge in [0.15, 0.2) is 0 Å². The standard InChI is InChI=1S/C12H15N3O3/c1-8-4-9(6-13-5-8)14-12(18)15(7-11(16)17)10-2-3-10/h4-6,10H,2-3,7H2,1H3,(H,14,18)(H,16,17). The Morgan fingerprint density at radius 3 is 2.78 bits per heavy atom. The molecule has 96 valence electrons. The number of pyridine rings is 1. The van der Waals surface area contributed by atoms with Crippen molar-refractivity contribution in [3.63, 3.8) is 0 Å². The van der Waals surface area contributed by atoms with Crippen LogP contribution in [-0.2, 0) is 4.79 Å². The Morgan fingerprint density at radius 2 is 2.22 bits per heavy atom. The molecule has 18 heavy (non-hydrogen) atoms. The first-order valence-electron chi connectivity index (χ1n) is 5.77. The highest BCUT2D eigenvalue weighted by Gasteiger charge is 2.33. The predicted molar refractivity (Wildman–Crippen MR) is 65.4 cm³/mol. The molecule has 0 aromatic carbocycles. The molecule has 0 unspecified atom stereocenters. The number of nitrogens with zero attached hydrogens (tertiary/aromatic N) is 2. The van der Waals surface area contributed by atoms with Crippen LogP contribution in [0.15, 0.2) is 18.5 Å². The second-order valence-corrected chi connectivity index (χ2v) is 4.43. The average Bonchev–Trinajstić information content (AvgIpc) is 3.09. The van der Waals surface area contributed by atoms with Crippen LogP contribution in [-0.4, -0.2) is 39.6 Å². The van der Waals surface area contributed by atoms with E-state index < -0.39 is 5.97 Å². The third kappa shape index (κ3) is 3.19. The number of urea groups is 1. The summed E-state index contributed by atoms with van der Waals surface area (Å²) < 4.78 is 0. The van der Waals surface area contributed by atoms with Crippen molar-refractivity contribution in [2.45, 2.75) is 25.8 Å². The summed E-state index contributed by atoms with van der Waals surface area (Å²) in [6.45, 7) is 1.61. The number of aliphatic carboxylic acids is 1. The van der Waals surface area contributed by atoms with E-state index in [1.807, 2.05) is 6.92 Å². The van der Waals surface area contributed by atoms with Gasteiger partial charge in [-0.3, -0.25) is 9.78 Å². The van der Waals surface area contributed by atoms with Gasteiger partial charge in [0.2, 0.25) is 0 Å². The third-order valence-corrected chi connectivity index (χ3v) is 2.68. The normalized spacial score (nSPS) is 14.1. The summed E-state index contributed by atoms with van der Waals surface area (Å²) in [6, 6.07) is 1.46. The van der Waals surface area contributed by atoms with Crippen molar-refractivity contribution in [1.82, 2.24) is 9.88 Å². The number of nitrogens with one attached hydrogen (secondary N) is 1. The molecule has 1 saturated carbocycles. The lowest BCUT2D eigenvalue weighted by molar-refractivity contribution is -0.137. The minimum absolute atomic E-state index is 0.0545. The summed E-state index contributed by atoms with van der Waals surface area (Å²) in [6.07, 6.45) is 4.96. The predicted octanol–water partition coefficient (Wildman–Crippen LogP) is 1.47. The molecule has 2 N–H and O–H groups in total. The van der Waals surface area contributed by atoms with E-state index in [9.17, 15) is 9.59 Å². The van der Waals surface area contributed by atoms with Crippen molar-refractivity contribution < 1.29 is 14.7 Å². The van der Waals surface area contributed by atoms with Crippen LogP contribution in [0.5, 0.6) is 0 Å². The van der Waals surface area contributed by atoms with E-state index in [1.54, 1.807) is 12.3 Å². The summed E-state index contributed by atoms with van der Waals surface area (Å²) in [4.78, 5) is 28.0. The zero-order valence-corrected chi connectivity index (χ0v) is 10.1. The van der Waals surface area contributed by atoms with Gasteiger partial charge in [-0.1, -0.05) is 0 Å². The maximum Gasteiger partial charge on any atom is 0.323 e. The van der Waals surface area contributed by atoms with Crippen LogP contribution in [0, 0.1) is 6.92 Å². The van der Waals surface area contributed by atoms with Crippen LogP contribution < -0.4 is 5.32 Å². The Morgan fingerprint density at radius 1 is 1.50 bits per heavy atom. The Hall–Kier alpha value is -2.11. The van der Waals surface area contributed by atoms with Gasteiger partial charge in [-0.15, -0.1) is 0 Å². The third-order valence-electron chi connectivity index (χ3n) is 2.68. The van der Waals surface area contributed by atoms with E-state index in [-0.39, 0.29) is 18.6 Å². The summed E-state index contributed by atoms with van der Waals surface area (Å²) in [5.41, 5.74) is 1.51. The maximum atomic E-state index is 12.0. The first-order valence-corrected chi connectivity index (χ1v) is 5.77. The second kappa shape index (κ2) is 5.03. The molecule has 0 saturated heterocycles. The Balaban J connectivity index is 2.02. The van der Waals surface area contributed by atoms with Crippen molar-refractivity contribution >= 4 is 17.7 Å². The van der Waals surface area contributed by atoms with Crippen LogP contribution in [0.25, 0.3) is 0 Å². The minimum atomic E-state index is -1.00. The van der Waals surface area contributed by atoms with Gasteiger partial charge in [0.05, 0.1) is 11.9 Å². The van der Waals surface area contributed by atoms with Crippen molar-refractivity contribution in [2.24, 2.45) is 0 Å². The molecule has 1 heterocycles. The molecule has 1 aliphatic carbocycles. The van der Waals surface area contributed by atoms with Gasteiger partial charge < -0.3 is 15.3 Å². The van der Waals surface area contributed by atoms with Crippen LogP contribution >= 0.6 is 0 Å². The molecule has 1 aromatic rings. The van der Waals surface area contributed by atoms with Crippen LogP contribution in [0.4, 0.5) is 10.5 Å². The molecule has 2 rings (SSSR count). The summed E-state index contributed by atoms with van der Waals surface area (Å²) in [5.74, 6) is -1.00. The largest absolute Gasteiger partial charge is 0.480 e. The summed E-state index contributed by atoms with van der Waals surface area (Å²) in [7, 11) is 0. The first kappa shape index (κ1) is 12.3. The van der Waals surface area contributed by atoms with E-state index in [1.165, 1.54) is 11.1 Å². The second-order valence-electron chi connectivity index (χ2n) is 4.43. The Bertz CT molecular complexity index is 471. The Labute approximate surface area is 105 Å². The zero-order chi connectivity index (χ0) is 13.1. The Kier molecular flexibility index (Phi) is 3.45. The van der Waals surface area contributed by atoms with Gasteiger partial charge in [-0.05, 0) is 31.4 Å². The quantitative estimate of drug-likeness (QED) is 0.846. The molecule has 1 aromatic heterocycles. The number of aromatic nitrogens is 1. The molecule has 0 spiro atoms. The van der Waals surface area contributed by atoms with Gasteiger partial charge in [-0.2, -0.15) is 0 Å². The zero-order valence-electron chi connectivity index (χ0n) is 10.1.